The fourth-order valence-corrected chi connectivity index (χ4v) is 0.819. The Hall–Kier alpha value is -0.420. The second-order valence-electron chi connectivity index (χ2n) is 2.00. The van der Waals surface area contributed by atoms with Crippen LogP contribution in [-0.2, 0) is 0 Å². The molecular formula is C9H14FP. The van der Waals surface area contributed by atoms with E-state index in [0.29, 0.717) is 0 Å². The summed E-state index contributed by atoms with van der Waals surface area (Å²) in [5, 5.41) is 1.05. The fourth-order valence-electron chi connectivity index (χ4n) is 0.639. The SMILES string of the molecule is CC.Cc1cc(F)ccc1P. The third kappa shape index (κ3) is 3.48. The van der Waals surface area contributed by atoms with Crippen LogP contribution in [0, 0.1) is 12.7 Å². The topological polar surface area (TPSA) is 0 Å². The van der Waals surface area contributed by atoms with E-state index in [1.54, 1.807) is 6.07 Å². The highest BCUT2D eigenvalue weighted by Crippen LogP contribution is 2.01. The van der Waals surface area contributed by atoms with Crippen molar-refractivity contribution in [2.24, 2.45) is 0 Å². The average molecular weight is 172 g/mol. The van der Waals surface area contributed by atoms with Gasteiger partial charge in [0.15, 0.2) is 0 Å². The molecule has 0 saturated heterocycles. The number of rotatable bonds is 0. The van der Waals surface area contributed by atoms with Gasteiger partial charge >= 0.3 is 0 Å². The number of hydrogen-bond donors (Lipinski definition) is 0. The minimum Gasteiger partial charge on any atom is -0.207 e. The van der Waals surface area contributed by atoms with Gasteiger partial charge in [-0.3, -0.25) is 0 Å². The summed E-state index contributed by atoms with van der Waals surface area (Å²) in [6.07, 6.45) is 0. The van der Waals surface area contributed by atoms with Gasteiger partial charge < -0.3 is 0 Å². The summed E-state index contributed by atoms with van der Waals surface area (Å²) in [5.74, 6) is -0.168. The second kappa shape index (κ2) is 5.26. The summed E-state index contributed by atoms with van der Waals surface area (Å²) in [6, 6.07) is 4.72. The van der Waals surface area contributed by atoms with Crippen molar-refractivity contribution in [2.75, 3.05) is 0 Å². The molecule has 0 aliphatic heterocycles. The number of halogens is 1. The van der Waals surface area contributed by atoms with Gasteiger partial charge in [-0.05, 0) is 29.9 Å². The zero-order valence-electron chi connectivity index (χ0n) is 7.19. The zero-order valence-corrected chi connectivity index (χ0v) is 8.34. The van der Waals surface area contributed by atoms with E-state index >= 15 is 0 Å². The number of aryl methyl sites for hydroxylation is 1. The van der Waals surface area contributed by atoms with Gasteiger partial charge in [-0.15, -0.1) is 9.24 Å². The lowest BCUT2D eigenvalue weighted by Gasteiger charge is -1.95. The third-order valence-corrected chi connectivity index (χ3v) is 1.88. The van der Waals surface area contributed by atoms with E-state index in [9.17, 15) is 4.39 Å². The maximum atomic E-state index is 12.3. The summed E-state index contributed by atoms with van der Waals surface area (Å²) >= 11 is 0. The van der Waals surface area contributed by atoms with Crippen LogP contribution in [0.1, 0.15) is 19.4 Å². The smallest absolute Gasteiger partial charge is 0.123 e. The van der Waals surface area contributed by atoms with Crippen LogP contribution >= 0.6 is 9.24 Å². The normalized spacial score (nSPS) is 8.45. The Kier molecular flexibility index (Phi) is 5.06. The highest BCUT2D eigenvalue weighted by molar-refractivity contribution is 7.27. The van der Waals surface area contributed by atoms with Crippen molar-refractivity contribution in [3.05, 3.63) is 29.6 Å². The van der Waals surface area contributed by atoms with Gasteiger partial charge in [0.2, 0.25) is 0 Å². The minimum absolute atomic E-state index is 0.168. The standard InChI is InChI=1S/C7H8FP.C2H6/c1-5-4-6(8)2-3-7(5)9;1-2/h2-4H,9H2,1H3;1-2H3. The van der Waals surface area contributed by atoms with Crippen LogP contribution < -0.4 is 5.30 Å². The maximum Gasteiger partial charge on any atom is 0.123 e. The highest BCUT2D eigenvalue weighted by atomic mass is 31.0. The van der Waals surface area contributed by atoms with E-state index in [1.807, 2.05) is 20.8 Å². The molecule has 0 aliphatic rings. The molecule has 0 saturated carbocycles. The first-order valence-corrected chi connectivity index (χ1v) is 4.29. The largest absolute Gasteiger partial charge is 0.207 e. The van der Waals surface area contributed by atoms with Gasteiger partial charge in [0, 0.05) is 0 Å². The maximum absolute atomic E-state index is 12.3. The fraction of sp³-hybridized carbons (Fsp3) is 0.333. The Morgan fingerprint density at radius 3 is 2.18 bits per heavy atom. The van der Waals surface area contributed by atoms with Gasteiger partial charge in [0.05, 0.1) is 0 Å². The first-order valence-electron chi connectivity index (χ1n) is 3.72. The Morgan fingerprint density at radius 2 is 1.82 bits per heavy atom. The number of benzene rings is 1. The van der Waals surface area contributed by atoms with Crippen molar-refractivity contribution in [3.63, 3.8) is 0 Å². The van der Waals surface area contributed by atoms with Crippen molar-refractivity contribution in [1.29, 1.82) is 0 Å². The molecule has 2 heteroatoms. The number of hydrogen-bond acceptors (Lipinski definition) is 0. The Balaban J connectivity index is 0.000000461. The molecule has 0 bridgehead atoms. The molecule has 0 spiro atoms. The molecule has 1 unspecified atom stereocenters. The summed E-state index contributed by atoms with van der Waals surface area (Å²) < 4.78 is 12.3. The lowest BCUT2D eigenvalue weighted by Crippen LogP contribution is -1.95. The molecule has 0 nitrogen and oxygen atoms in total. The van der Waals surface area contributed by atoms with Crippen LogP contribution in [0.5, 0.6) is 0 Å². The van der Waals surface area contributed by atoms with Gasteiger partial charge in [0.1, 0.15) is 5.82 Å². The Labute approximate surface area is 70.0 Å². The molecule has 62 valence electrons. The first-order chi connectivity index (χ1) is 5.20. The molecule has 1 atom stereocenters. The molecule has 1 rings (SSSR count). The molecule has 0 fully saturated rings. The van der Waals surface area contributed by atoms with Crippen LogP contribution in [0.15, 0.2) is 18.2 Å². The van der Waals surface area contributed by atoms with Crippen LogP contribution in [0.3, 0.4) is 0 Å². The zero-order chi connectivity index (χ0) is 8.85. The van der Waals surface area contributed by atoms with Crippen molar-refractivity contribution in [1.82, 2.24) is 0 Å². The molecule has 1 aromatic rings. The molecule has 1 aromatic carbocycles. The summed E-state index contributed by atoms with van der Waals surface area (Å²) in [6.45, 7) is 5.88. The van der Waals surface area contributed by atoms with E-state index < -0.39 is 0 Å². The molecule has 0 N–H and O–H groups in total. The predicted octanol–water partition coefficient (Wildman–Crippen LogP) is 2.66. The Morgan fingerprint density at radius 1 is 1.27 bits per heavy atom. The van der Waals surface area contributed by atoms with Gasteiger partial charge in [0.25, 0.3) is 0 Å². The van der Waals surface area contributed by atoms with Crippen molar-refractivity contribution >= 4 is 14.5 Å². The minimum atomic E-state index is -0.168. The van der Waals surface area contributed by atoms with Crippen molar-refractivity contribution in [3.8, 4) is 0 Å². The molecule has 0 amide bonds. The van der Waals surface area contributed by atoms with Gasteiger partial charge in [-0.25, -0.2) is 4.39 Å². The third-order valence-electron chi connectivity index (χ3n) is 1.23. The quantitative estimate of drug-likeness (QED) is 0.528. The second-order valence-corrected chi connectivity index (χ2v) is 2.62. The van der Waals surface area contributed by atoms with Crippen LogP contribution in [0.25, 0.3) is 0 Å². The molecular weight excluding hydrogens is 158 g/mol. The van der Waals surface area contributed by atoms with E-state index in [2.05, 4.69) is 9.24 Å². The molecule has 0 heterocycles. The van der Waals surface area contributed by atoms with E-state index in [0.717, 1.165) is 10.9 Å². The average Bonchev–Trinajstić information content (AvgIpc) is 2.02. The molecule has 0 aliphatic carbocycles. The molecule has 11 heavy (non-hydrogen) atoms. The van der Waals surface area contributed by atoms with Crippen molar-refractivity contribution in [2.45, 2.75) is 20.8 Å². The first kappa shape index (κ1) is 10.6. The van der Waals surface area contributed by atoms with E-state index in [4.69, 9.17) is 0 Å². The van der Waals surface area contributed by atoms with E-state index in [-0.39, 0.29) is 5.82 Å². The Bertz CT molecular complexity index is 221. The van der Waals surface area contributed by atoms with Crippen LogP contribution in [0.4, 0.5) is 4.39 Å². The van der Waals surface area contributed by atoms with E-state index in [1.165, 1.54) is 12.1 Å². The highest BCUT2D eigenvalue weighted by Gasteiger charge is 1.92. The molecule has 0 aromatic heterocycles. The monoisotopic (exact) mass is 172 g/mol. The summed E-state index contributed by atoms with van der Waals surface area (Å²) in [5.41, 5.74) is 0.972. The lowest BCUT2D eigenvalue weighted by molar-refractivity contribution is 0.627. The summed E-state index contributed by atoms with van der Waals surface area (Å²) in [7, 11) is 2.54. The lowest BCUT2D eigenvalue weighted by atomic mass is 10.2. The van der Waals surface area contributed by atoms with Gasteiger partial charge in [-0.2, -0.15) is 0 Å². The van der Waals surface area contributed by atoms with Crippen LogP contribution in [-0.4, -0.2) is 0 Å². The summed E-state index contributed by atoms with van der Waals surface area (Å²) in [4.78, 5) is 0. The van der Waals surface area contributed by atoms with Crippen LogP contribution in [0.2, 0.25) is 0 Å². The molecule has 0 radical (unpaired) electrons. The van der Waals surface area contributed by atoms with Crippen molar-refractivity contribution < 1.29 is 4.39 Å². The van der Waals surface area contributed by atoms with Gasteiger partial charge in [-0.1, -0.05) is 19.9 Å². The predicted molar refractivity (Wildman–Crippen MR) is 51.8 cm³/mol.